The van der Waals surface area contributed by atoms with Crippen molar-refractivity contribution in [1.82, 2.24) is 0 Å². The Kier molecular flexibility index (Phi) is 5.43. The van der Waals surface area contributed by atoms with Crippen LogP contribution in [0, 0.1) is 22.7 Å². The lowest BCUT2D eigenvalue weighted by Gasteiger charge is -2.58. The van der Waals surface area contributed by atoms with Crippen molar-refractivity contribution >= 4 is 5.78 Å². The number of Topliss-reactive ketones (excluding diaryl/α,β-unsaturated/α-hetero) is 1. The molecule has 2 fully saturated rings. The maximum Gasteiger partial charge on any atom is 0.138 e. The van der Waals surface area contributed by atoms with Crippen molar-refractivity contribution in [2.24, 2.45) is 22.7 Å². The molecule has 24 heavy (non-hydrogen) atoms. The molecular weight excluding hydrogens is 304 g/mol. The Hall–Kier alpha value is -0.970. The number of carbonyl (C=O) groups is 1. The van der Waals surface area contributed by atoms with Gasteiger partial charge in [0.1, 0.15) is 5.78 Å². The van der Waals surface area contributed by atoms with Gasteiger partial charge in [0.25, 0.3) is 0 Å². The average Bonchev–Trinajstić information content (AvgIpc) is 2.49. The van der Waals surface area contributed by atoms with Crippen molar-refractivity contribution in [2.45, 2.75) is 65.1 Å². The zero-order valence-electron chi connectivity index (χ0n) is 15.2. The topological polar surface area (TPSA) is 77.8 Å². The molecule has 2 aliphatic rings. The van der Waals surface area contributed by atoms with Crippen LogP contribution in [0.15, 0.2) is 24.3 Å². The molecule has 0 saturated heterocycles. The summed E-state index contributed by atoms with van der Waals surface area (Å²) in [6.07, 6.45) is 1.78. The summed E-state index contributed by atoms with van der Waals surface area (Å²) in [6.45, 7) is 13.9. The number of hydrogen-bond donors (Lipinski definition) is 3. The third kappa shape index (κ3) is 3.12. The van der Waals surface area contributed by atoms with Crippen LogP contribution >= 0.6 is 0 Å². The fraction of sp³-hybridized carbons (Fsp3) is 0.750. The molecule has 2 rings (SSSR count). The van der Waals surface area contributed by atoms with Crippen molar-refractivity contribution < 1.29 is 20.1 Å². The van der Waals surface area contributed by atoms with E-state index in [1.165, 1.54) is 0 Å². The van der Waals surface area contributed by atoms with E-state index in [2.05, 4.69) is 20.1 Å². The number of rotatable bonds is 5. The van der Waals surface area contributed by atoms with Crippen LogP contribution in [-0.2, 0) is 4.79 Å². The van der Waals surface area contributed by atoms with Crippen molar-refractivity contribution in [2.75, 3.05) is 6.61 Å². The lowest BCUT2D eigenvalue weighted by molar-refractivity contribution is -0.158. The third-order valence-corrected chi connectivity index (χ3v) is 6.64. The van der Waals surface area contributed by atoms with Crippen LogP contribution in [0.25, 0.3) is 0 Å². The third-order valence-electron chi connectivity index (χ3n) is 6.64. The SMILES string of the molecule is C=C(CC[C@@H]1C(=C)C[C@@H](O)[C@@H]2C(C)(C)C(=O)CC[C@@]12C)[C@H](O)CO. The van der Waals surface area contributed by atoms with Crippen LogP contribution in [0.3, 0.4) is 0 Å². The van der Waals surface area contributed by atoms with E-state index in [0.29, 0.717) is 24.8 Å². The Morgan fingerprint density at radius 1 is 1.38 bits per heavy atom. The standard InChI is InChI=1S/C20H32O4/c1-12(16(23)11-21)6-7-14-13(2)10-15(22)18-19(3,4)17(24)8-9-20(14,18)5/h14-16,18,21-23H,1-2,6-11H2,3-5H3/t14-,15-,16-,18-,20+/m1/s1. The lowest BCUT2D eigenvalue weighted by atomic mass is 9.46. The number of aliphatic hydroxyl groups is 3. The summed E-state index contributed by atoms with van der Waals surface area (Å²) < 4.78 is 0. The molecule has 0 aromatic heterocycles. The predicted molar refractivity (Wildman–Crippen MR) is 94.3 cm³/mol. The van der Waals surface area contributed by atoms with Gasteiger partial charge in [-0.2, -0.15) is 0 Å². The smallest absolute Gasteiger partial charge is 0.138 e. The maximum absolute atomic E-state index is 12.4. The molecule has 0 unspecified atom stereocenters. The minimum absolute atomic E-state index is 0.0854. The zero-order chi connectivity index (χ0) is 18.3. The van der Waals surface area contributed by atoms with E-state index in [9.17, 15) is 15.0 Å². The Morgan fingerprint density at radius 3 is 2.58 bits per heavy atom. The highest BCUT2D eigenvalue weighted by Crippen LogP contribution is 2.60. The van der Waals surface area contributed by atoms with Gasteiger partial charge in [-0.25, -0.2) is 0 Å². The molecule has 3 N–H and O–H groups in total. The van der Waals surface area contributed by atoms with Crippen LogP contribution < -0.4 is 0 Å². The van der Waals surface area contributed by atoms with E-state index in [0.717, 1.165) is 18.4 Å². The normalized spacial score (nSPS) is 37.0. The fourth-order valence-electron chi connectivity index (χ4n) is 5.32. The Morgan fingerprint density at radius 2 is 2.00 bits per heavy atom. The van der Waals surface area contributed by atoms with Gasteiger partial charge in [-0.1, -0.05) is 39.5 Å². The molecule has 136 valence electrons. The van der Waals surface area contributed by atoms with E-state index < -0.39 is 17.6 Å². The summed E-state index contributed by atoms with van der Waals surface area (Å²) in [6, 6.07) is 0. The summed E-state index contributed by atoms with van der Waals surface area (Å²) in [5.74, 6) is 0.328. The molecule has 0 aromatic rings. The summed E-state index contributed by atoms with van der Waals surface area (Å²) in [5.41, 5.74) is 0.934. The molecular formula is C20H32O4. The van der Waals surface area contributed by atoms with E-state index in [1.54, 1.807) is 0 Å². The molecule has 0 radical (unpaired) electrons. The first-order chi connectivity index (χ1) is 11.1. The maximum atomic E-state index is 12.4. The Bertz CT molecular complexity index is 536. The van der Waals surface area contributed by atoms with Crippen LogP contribution in [-0.4, -0.2) is 39.9 Å². The van der Waals surface area contributed by atoms with Crippen LogP contribution in [0.5, 0.6) is 0 Å². The molecule has 0 spiro atoms. The zero-order valence-corrected chi connectivity index (χ0v) is 15.2. The highest BCUT2D eigenvalue weighted by Gasteiger charge is 2.59. The lowest BCUT2D eigenvalue weighted by Crippen LogP contribution is -2.58. The molecule has 0 heterocycles. The minimum Gasteiger partial charge on any atom is -0.393 e. The summed E-state index contributed by atoms with van der Waals surface area (Å²) >= 11 is 0. The minimum atomic E-state index is -0.888. The Balaban J connectivity index is 2.26. The largest absolute Gasteiger partial charge is 0.393 e. The second-order valence-electron chi connectivity index (χ2n) is 8.51. The molecule has 4 heteroatoms. The first-order valence-electron chi connectivity index (χ1n) is 8.91. The highest BCUT2D eigenvalue weighted by molar-refractivity contribution is 5.85. The van der Waals surface area contributed by atoms with Gasteiger partial charge < -0.3 is 15.3 Å². The van der Waals surface area contributed by atoms with Gasteiger partial charge in [-0.05, 0) is 42.6 Å². The number of carbonyl (C=O) groups excluding carboxylic acids is 1. The van der Waals surface area contributed by atoms with Gasteiger partial charge in [0.05, 0.1) is 18.8 Å². The van der Waals surface area contributed by atoms with E-state index in [1.807, 2.05) is 13.8 Å². The van der Waals surface area contributed by atoms with Crippen molar-refractivity contribution in [3.8, 4) is 0 Å². The number of ketones is 1. The van der Waals surface area contributed by atoms with Gasteiger partial charge in [0, 0.05) is 17.8 Å². The number of fused-ring (bicyclic) bond motifs is 1. The van der Waals surface area contributed by atoms with Crippen molar-refractivity contribution in [3.05, 3.63) is 24.3 Å². The van der Waals surface area contributed by atoms with Crippen molar-refractivity contribution in [3.63, 3.8) is 0 Å². The predicted octanol–water partition coefficient (Wildman–Crippen LogP) is 2.62. The van der Waals surface area contributed by atoms with E-state index in [4.69, 9.17) is 5.11 Å². The van der Waals surface area contributed by atoms with E-state index >= 15 is 0 Å². The van der Waals surface area contributed by atoms with Gasteiger partial charge in [0.15, 0.2) is 0 Å². The molecule has 0 aliphatic heterocycles. The fourth-order valence-corrected chi connectivity index (χ4v) is 5.32. The molecule has 0 amide bonds. The van der Waals surface area contributed by atoms with Crippen LogP contribution in [0.2, 0.25) is 0 Å². The molecule has 5 atom stereocenters. The molecule has 2 saturated carbocycles. The highest BCUT2D eigenvalue weighted by atomic mass is 16.3. The average molecular weight is 336 g/mol. The van der Waals surface area contributed by atoms with Gasteiger partial charge in [-0.15, -0.1) is 0 Å². The quantitative estimate of drug-likeness (QED) is 0.675. The van der Waals surface area contributed by atoms with Gasteiger partial charge in [0.2, 0.25) is 0 Å². The molecule has 0 bridgehead atoms. The van der Waals surface area contributed by atoms with Gasteiger partial charge >= 0.3 is 0 Å². The summed E-state index contributed by atoms with van der Waals surface area (Å²) in [4.78, 5) is 12.4. The van der Waals surface area contributed by atoms with Crippen LogP contribution in [0.1, 0.15) is 52.9 Å². The summed E-state index contributed by atoms with van der Waals surface area (Å²) in [5, 5.41) is 29.5. The second-order valence-corrected chi connectivity index (χ2v) is 8.51. The second kappa shape index (κ2) is 6.74. The first-order valence-corrected chi connectivity index (χ1v) is 8.91. The first kappa shape index (κ1) is 19.4. The monoisotopic (exact) mass is 336 g/mol. The Labute approximate surface area is 145 Å². The number of aliphatic hydroxyl groups excluding tert-OH is 3. The van der Waals surface area contributed by atoms with Crippen molar-refractivity contribution in [1.29, 1.82) is 0 Å². The molecule has 0 aromatic carbocycles. The van der Waals surface area contributed by atoms with Crippen LogP contribution in [0.4, 0.5) is 0 Å². The summed E-state index contributed by atoms with van der Waals surface area (Å²) in [7, 11) is 0. The van der Waals surface area contributed by atoms with E-state index in [-0.39, 0.29) is 29.6 Å². The van der Waals surface area contributed by atoms with Gasteiger partial charge in [-0.3, -0.25) is 4.79 Å². The molecule has 4 nitrogen and oxygen atoms in total. The molecule has 2 aliphatic carbocycles. The number of hydrogen-bond acceptors (Lipinski definition) is 4.